The second kappa shape index (κ2) is 7.25. The number of rotatable bonds is 5. The number of ether oxygens (including phenoxy) is 1. The maximum absolute atomic E-state index is 12.5. The molecule has 7 heteroatoms. The fourth-order valence-corrected chi connectivity index (χ4v) is 6.26. The van der Waals surface area contributed by atoms with Crippen molar-refractivity contribution < 1.29 is 14.3 Å². The Morgan fingerprint density at radius 2 is 1.81 bits per heavy atom. The van der Waals surface area contributed by atoms with Gasteiger partial charge >= 0.3 is 5.97 Å². The average Bonchev–Trinajstić information content (AvgIpc) is 2.55. The number of nitrogens with zero attached hydrogens (tertiary/aromatic N) is 1. The monoisotopic (exact) mass is 410 g/mol. The third-order valence-corrected chi connectivity index (χ3v) is 6.91. The van der Waals surface area contributed by atoms with E-state index in [1.807, 2.05) is 0 Å². The molecule has 0 saturated heterocycles. The number of hydrogen-bond acceptors (Lipinski definition) is 4. The molecule has 0 spiro atoms. The number of esters is 1. The zero-order valence-electron chi connectivity index (χ0n) is 15.3. The van der Waals surface area contributed by atoms with Gasteiger partial charge in [0.1, 0.15) is 0 Å². The number of anilines is 1. The van der Waals surface area contributed by atoms with Crippen molar-refractivity contribution in [2.45, 2.75) is 58.0 Å². The van der Waals surface area contributed by atoms with E-state index < -0.39 is 12.0 Å². The van der Waals surface area contributed by atoms with E-state index >= 15 is 0 Å². The summed E-state index contributed by atoms with van der Waals surface area (Å²) in [5, 5.41) is 3.21. The molecule has 1 heterocycles. The van der Waals surface area contributed by atoms with Gasteiger partial charge in [0.25, 0.3) is 5.91 Å². The summed E-state index contributed by atoms with van der Waals surface area (Å²) in [5.74, 6) is 1.81. The molecular formula is C20H24Cl2N2O3. The lowest BCUT2D eigenvalue weighted by Gasteiger charge is -2.56. The summed E-state index contributed by atoms with van der Waals surface area (Å²) in [6.45, 7) is 1.57. The van der Waals surface area contributed by atoms with E-state index in [9.17, 15) is 9.59 Å². The van der Waals surface area contributed by atoms with Crippen LogP contribution in [0, 0.1) is 23.2 Å². The lowest BCUT2D eigenvalue weighted by atomic mass is 9.49. The summed E-state index contributed by atoms with van der Waals surface area (Å²) in [7, 11) is 0. The van der Waals surface area contributed by atoms with Crippen molar-refractivity contribution in [3.05, 3.63) is 22.3 Å². The number of hydrogen-bond donors (Lipinski definition) is 1. The quantitative estimate of drug-likeness (QED) is 0.703. The fourth-order valence-electron chi connectivity index (χ4n) is 5.83. The zero-order chi connectivity index (χ0) is 19.2. The van der Waals surface area contributed by atoms with Crippen molar-refractivity contribution in [3.8, 4) is 0 Å². The smallest absolute Gasteiger partial charge is 0.307 e. The number of amides is 1. The maximum Gasteiger partial charge on any atom is 0.307 e. The molecule has 1 atom stereocenters. The molecular weight excluding hydrogens is 387 g/mol. The van der Waals surface area contributed by atoms with Crippen LogP contribution in [0.4, 0.5) is 5.82 Å². The average molecular weight is 411 g/mol. The van der Waals surface area contributed by atoms with Gasteiger partial charge in [-0.25, -0.2) is 4.98 Å². The van der Waals surface area contributed by atoms with Gasteiger partial charge in [0.15, 0.2) is 11.9 Å². The number of pyridine rings is 1. The van der Waals surface area contributed by atoms with Crippen LogP contribution in [-0.4, -0.2) is 23.0 Å². The Balaban J connectivity index is 1.33. The van der Waals surface area contributed by atoms with Crippen molar-refractivity contribution >= 4 is 40.9 Å². The molecule has 4 bridgehead atoms. The Labute approximate surface area is 169 Å². The fraction of sp³-hybridized carbons (Fsp3) is 0.650. The normalized spacial score (nSPS) is 32.2. The largest absolute Gasteiger partial charge is 0.453 e. The highest BCUT2D eigenvalue weighted by atomic mass is 35.5. The first kappa shape index (κ1) is 19.0. The molecule has 1 amide bonds. The van der Waals surface area contributed by atoms with Gasteiger partial charge < -0.3 is 10.1 Å². The van der Waals surface area contributed by atoms with Crippen molar-refractivity contribution in [2.75, 3.05) is 5.32 Å². The van der Waals surface area contributed by atoms with E-state index in [1.165, 1.54) is 31.5 Å². The van der Waals surface area contributed by atoms with Crippen LogP contribution in [0.2, 0.25) is 10.0 Å². The van der Waals surface area contributed by atoms with Crippen molar-refractivity contribution in [3.63, 3.8) is 0 Å². The van der Waals surface area contributed by atoms with Crippen LogP contribution in [-0.2, 0) is 14.3 Å². The van der Waals surface area contributed by atoms with Gasteiger partial charge in [0.05, 0.1) is 16.5 Å². The number of nitrogens with one attached hydrogen (secondary N) is 1. The SMILES string of the molecule is C[C@@H](OC(=O)CC12CC3CC(CC(C3)C1)C2)C(=O)Nc1ncc(Cl)cc1Cl. The zero-order valence-corrected chi connectivity index (χ0v) is 16.9. The van der Waals surface area contributed by atoms with Gasteiger partial charge in [0.2, 0.25) is 0 Å². The molecule has 4 aliphatic rings. The minimum Gasteiger partial charge on any atom is -0.453 e. The highest BCUT2D eigenvalue weighted by molar-refractivity contribution is 6.36. The van der Waals surface area contributed by atoms with Crippen LogP contribution in [0.3, 0.4) is 0 Å². The van der Waals surface area contributed by atoms with Crippen LogP contribution in [0.25, 0.3) is 0 Å². The number of carbonyl (C=O) groups is 2. The summed E-state index contributed by atoms with van der Waals surface area (Å²) in [5.41, 5.74) is 0.100. The first-order valence-electron chi connectivity index (χ1n) is 9.63. The molecule has 4 fully saturated rings. The topological polar surface area (TPSA) is 68.3 Å². The minimum atomic E-state index is -0.903. The molecule has 146 valence electrons. The van der Waals surface area contributed by atoms with Gasteiger partial charge in [0, 0.05) is 6.20 Å². The molecule has 1 aromatic rings. The number of halogens is 2. The maximum atomic E-state index is 12.5. The summed E-state index contributed by atoms with van der Waals surface area (Å²) < 4.78 is 5.44. The van der Waals surface area contributed by atoms with E-state index in [0.717, 1.165) is 37.0 Å². The summed E-state index contributed by atoms with van der Waals surface area (Å²) >= 11 is 11.8. The van der Waals surface area contributed by atoms with Crippen molar-refractivity contribution in [2.24, 2.45) is 23.2 Å². The second-order valence-electron chi connectivity index (χ2n) is 8.70. The predicted octanol–water partition coefficient (Wildman–Crippen LogP) is 4.87. The highest BCUT2D eigenvalue weighted by Gasteiger charge is 2.51. The lowest BCUT2D eigenvalue weighted by Crippen LogP contribution is -2.47. The molecule has 4 aliphatic carbocycles. The van der Waals surface area contributed by atoms with E-state index in [4.69, 9.17) is 27.9 Å². The van der Waals surface area contributed by atoms with E-state index in [2.05, 4.69) is 10.3 Å². The molecule has 5 nitrogen and oxygen atoms in total. The summed E-state index contributed by atoms with van der Waals surface area (Å²) in [6.07, 6.45) is 8.34. The third kappa shape index (κ3) is 4.09. The van der Waals surface area contributed by atoms with Gasteiger partial charge in [-0.3, -0.25) is 9.59 Å². The molecule has 1 aromatic heterocycles. The van der Waals surface area contributed by atoms with Gasteiger partial charge in [-0.1, -0.05) is 23.2 Å². The van der Waals surface area contributed by atoms with E-state index in [-0.39, 0.29) is 22.2 Å². The van der Waals surface area contributed by atoms with E-state index in [0.29, 0.717) is 11.4 Å². The lowest BCUT2D eigenvalue weighted by molar-refractivity contribution is -0.160. The molecule has 0 aliphatic heterocycles. The minimum absolute atomic E-state index is 0.100. The van der Waals surface area contributed by atoms with Crippen molar-refractivity contribution in [1.82, 2.24) is 4.98 Å². The van der Waals surface area contributed by atoms with Crippen LogP contribution in [0.1, 0.15) is 51.9 Å². The Bertz CT molecular complexity index is 732. The van der Waals surface area contributed by atoms with Gasteiger partial charge in [-0.15, -0.1) is 0 Å². The van der Waals surface area contributed by atoms with E-state index in [1.54, 1.807) is 6.92 Å². The highest BCUT2D eigenvalue weighted by Crippen LogP contribution is 2.61. The number of carbonyl (C=O) groups excluding carboxylic acids is 2. The van der Waals surface area contributed by atoms with Crippen LogP contribution < -0.4 is 5.32 Å². The molecule has 0 radical (unpaired) electrons. The molecule has 27 heavy (non-hydrogen) atoms. The molecule has 1 N–H and O–H groups in total. The summed E-state index contributed by atoms with van der Waals surface area (Å²) in [6, 6.07) is 1.50. The Kier molecular flexibility index (Phi) is 5.10. The third-order valence-electron chi connectivity index (χ3n) is 6.41. The molecule has 0 unspecified atom stereocenters. The molecule has 5 rings (SSSR count). The van der Waals surface area contributed by atoms with Crippen LogP contribution >= 0.6 is 23.2 Å². The van der Waals surface area contributed by atoms with Crippen LogP contribution in [0.15, 0.2) is 12.3 Å². The Morgan fingerprint density at radius 3 is 2.37 bits per heavy atom. The van der Waals surface area contributed by atoms with Crippen molar-refractivity contribution in [1.29, 1.82) is 0 Å². The first-order valence-corrected chi connectivity index (χ1v) is 10.4. The predicted molar refractivity (Wildman–Crippen MR) is 104 cm³/mol. The molecule has 4 saturated carbocycles. The van der Waals surface area contributed by atoms with Crippen LogP contribution in [0.5, 0.6) is 0 Å². The standard InChI is InChI=1S/C20H24Cl2N2O3/c1-11(19(26)24-18-16(22)5-15(21)10-23-18)27-17(25)9-20-6-12-2-13(7-20)4-14(3-12)8-20/h5,10-14H,2-4,6-9H2,1H3,(H,23,24,26)/t11-,12?,13?,14?,20?/m1/s1. The number of aromatic nitrogens is 1. The first-order chi connectivity index (χ1) is 12.8. The molecule has 0 aromatic carbocycles. The van der Waals surface area contributed by atoms with Gasteiger partial charge in [-0.2, -0.15) is 0 Å². The summed E-state index contributed by atoms with van der Waals surface area (Å²) in [4.78, 5) is 28.9. The Morgan fingerprint density at radius 1 is 1.22 bits per heavy atom. The second-order valence-corrected chi connectivity index (χ2v) is 9.54. The van der Waals surface area contributed by atoms with Gasteiger partial charge in [-0.05, 0) is 74.7 Å². The Hall–Kier alpha value is -1.33.